The van der Waals surface area contributed by atoms with Crippen LogP contribution in [0.1, 0.15) is 57.2 Å². The second kappa shape index (κ2) is 4.43. The topological polar surface area (TPSA) is 35.2 Å². The molecule has 0 aliphatic heterocycles. The molecule has 0 heterocycles. The Labute approximate surface area is 104 Å². The zero-order valence-electron chi connectivity index (χ0n) is 11.2. The van der Waals surface area contributed by atoms with Crippen LogP contribution in [0.5, 0.6) is 0 Å². The second-order valence-electron chi connectivity index (χ2n) is 6.06. The van der Waals surface area contributed by atoms with Crippen molar-refractivity contribution in [3.63, 3.8) is 0 Å². The first-order valence-corrected chi connectivity index (χ1v) is 6.41. The molecule has 1 aliphatic carbocycles. The van der Waals surface area contributed by atoms with Gasteiger partial charge in [0.15, 0.2) is 0 Å². The Balaban J connectivity index is 2.27. The Hall–Kier alpha value is -0.860. The van der Waals surface area contributed by atoms with E-state index in [2.05, 4.69) is 52.0 Å². The highest BCUT2D eigenvalue weighted by Crippen LogP contribution is 2.38. The monoisotopic (exact) mass is 233 g/mol. The van der Waals surface area contributed by atoms with Crippen molar-refractivity contribution in [1.29, 1.82) is 0 Å². The Morgan fingerprint density at radius 1 is 1.18 bits per heavy atom. The summed E-state index contributed by atoms with van der Waals surface area (Å²) < 4.78 is 6.09. The van der Waals surface area contributed by atoms with Gasteiger partial charge in [0, 0.05) is 0 Å². The number of nitrogens with two attached hydrogens (primary N) is 1. The first-order valence-electron chi connectivity index (χ1n) is 6.41. The summed E-state index contributed by atoms with van der Waals surface area (Å²) in [5.41, 5.74) is 8.84. The molecule has 3 unspecified atom stereocenters. The molecule has 0 radical (unpaired) electrons. The summed E-state index contributed by atoms with van der Waals surface area (Å²) in [6.45, 7) is 8.52. The molecular formula is C15H23NO. The number of benzene rings is 1. The van der Waals surface area contributed by atoms with E-state index in [1.54, 1.807) is 0 Å². The maximum Gasteiger partial charge on any atom is 0.0780 e. The molecule has 1 aromatic carbocycles. The van der Waals surface area contributed by atoms with Gasteiger partial charge in [-0.25, -0.2) is 0 Å². The third kappa shape index (κ3) is 2.70. The molecule has 0 aromatic heterocycles. The minimum absolute atomic E-state index is 0.00150. The van der Waals surface area contributed by atoms with E-state index in [9.17, 15) is 0 Å². The minimum atomic E-state index is -0.131. The van der Waals surface area contributed by atoms with Gasteiger partial charge >= 0.3 is 0 Å². The van der Waals surface area contributed by atoms with Gasteiger partial charge in [-0.15, -0.1) is 0 Å². The molecule has 3 atom stereocenters. The number of rotatable bonds is 1. The van der Waals surface area contributed by atoms with Crippen LogP contribution in [0.15, 0.2) is 24.3 Å². The van der Waals surface area contributed by atoms with E-state index in [1.807, 2.05) is 0 Å². The van der Waals surface area contributed by atoms with Gasteiger partial charge in [0.05, 0.1) is 17.7 Å². The van der Waals surface area contributed by atoms with Crippen molar-refractivity contribution >= 4 is 0 Å². The van der Waals surface area contributed by atoms with Gasteiger partial charge in [0.1, 0.15) is 0 Å². The van der Waals surface area contributed by atoms with Crippen LogP contribution in [0.4, 0.5) is 0 Å². The van der Waals surface area contributed by atoms with E-state index < -0.39 is 0 Å². The lowest BCUT2D eigenvalue weighted by atomic mass is 9.79. The largest absolute Gasteiger partial charge is 0.371 e. The van der Waals surface area contributed by atoms with Gasteiger partial charge < -0.3 is 10.5 Å². The molecule has 2 heteroatoms. The third-order valence-corrected chi connectivity index (χ3v) is 3.38. The molecule has 0 saturated heterocycles. The van der Waals surface area contributed by atoms with Crippen molar-refractivity contribution in [2.75, 3.05) is 0 Å². The zero-order valence-corrected chi connectivity index (χ0v) is 11.2. The van der Waals surface area contributed by atoms with Crippen molar-refractivity contribution in [2.45, 2.75) is 57.8 Å². The normalized spacial score (nSPS) is 28.9. The van der Waals surface area contributed by atoms with E-state index in [-0.39, 0.29) is 17.7 Å². The predicted molar refractivity (Wildman–Crippen MR) is 71.0 cm³/mol. The van der Waals surface area contributed by atoms with Crippen molar-refractivity contribution in [1.82, 2.24) is 0 Å². The van der Waals surface area contributed by atoms with Crippen LogP contribution in [0.2, 0.25) is 0 Å². The SMILES string of the molecule is CC1CC(OC(C)(C)C)C(N)c2ccccc21. The quantitative estimate of drug-likeness (QED) is 0.807. The van der Waals surface area contributed by atoms with Gasteiger partial charge in [0.2, 0.25) is 0 Å². The Bertz CT molecular complexity index is 394. The first kappa shape index (κ1) is 12.6. The second-order valence-corrected chi connectivity index (χ2v) is 6.06. The van der Waals surface area contributed by atoms with E-state index in [0.29, 0.717) is 5.92 Å². The van der Waals surface area contributed by atoms with Gasteiger partial charge in [-0.2, -0.15) is 0 Å². The zero-order chi connectivity index (χ0) is 12.6. The summed E-state index contributed by atoms with van der Waals surface area (Å²) in [6, 6.07) is 8.47. The fourth-order valence-corrected chi connectivity index (χ4v) is 2.66. The molecule has 2 nitrogen and oxygen atoms in total. The maximum absolute atomic E-state index is 6.34. The summed E-state index contributed by atoms with van der Waals surface area (Å²) in [6.07, 6.45) is 1.13. The molecule has 0 amide bonds. The smallest absolute Gasteiger partial charge is 0.0780 e. The summed E-state index contributed by atoms with van der Waals surface area (Å²) in [5, 5.41) is 0. The van der Waals surface area contributed by atoms with Crippen molar-refractivity contribution in [3.8, 4) is 0 Å². The van der Waals surface area contributed by atoms with Crippen molar-refractivity contribution in [2.24, 2.45) is 5.73 Å². The van der Waals surface area contributed by atoms with Crippen LogP contribution in [0.25, 0.3) is 0 Å². The summed E-state index contributed by atoms with van der Waals surface area (Å²) in [7, 11) is 0. The third-order valence-electron chi connectivity index (χ3n) is 3.38. The van der Waals surface area contributed by atoms with Crippen LogP contribution >= 0.6 is 0 Å². The number of fused-ring (bicyclic) bond motifs is 1. The lowest BCUT2D eigenvalue weighted by Crippen LogP contribution is -2.39. The Morgan fingerprint density at radius 2 is 1.76 bits per heavy atom. The van der Waals surface area contributed by atoms with Crippen LogP contribution in [0, 0.1) is 0 Å². The molecule has 1 aliphatic rings. The van der Waals surface area contributed by atoms with Crippen LogP contribution < -0.4 is 5.73 Å². The molecule has 2 rings (SSSR count). The van der Waals surface area contributed by atoms with E-state index in [4.69, 9.17) is 10.5 Å². The van der Waals surface area contributed by atoms with Crippen LogP contribution in [-0.2, 0) is 4.74 Å². The molecule has 0 fully saturated rings. The molecule has 0 bridgehead atoms. The minimum Gasteiger partial charge on any atom is -0.371 e. The fourth-order valence-electron chi connectivity index (χ4n) is 2.66. The van der Waals surface area contributed by atoms with E-state index >= 15 is 0 Å². The lowest BCUT2D eigenvalue weighted by Gasteiger charge is -2.38. The average molecular weight is 233 g/mol. The number of ether oxygens (including phenoxy) is 1. The molecule has 0 spiro atoms. The number of hydrogen-bond donors (Lipinski definition) is 1. The van der Waals surface area contributed by atoms with Crippen LogP contribution in [-0.4, -0.2) is 11.7 Å². The first-order chi connectivity index (χ1) is 7.88. The van der Waals surface area contributed by atoms with Crippen molar-refractivity contribution in [3.05, 3.63) is 35.4 Å². The highest BCUT2D eigenvalue weighted by atomic mass is 16.5. The van der Waals surface area contributed by atoms with E-state index in [0.717, 1.165) is 6.42 Å². The average Bonchev–Trinajstić information content (AvgIpc) is 2.24. The van der Waals surface area contributed by atoms with Crippen LogP contribution in [0.3, 0.4) is 0 Å². The molecule has 0 saturated carbocycles. The van der Waals surface area contributed by atoms with Gasteiger partial charge in [-0.1, -0.05) is 31.2 Å². The number of hydrogen-bond acceptors (Lipinski definition) is 2. The summed E-state index contributed by atoms with van der Waals surface area (Å²) in [4.78, 5) is 0. The summed E-state index contributed by atoms with van der Waals surface area (Å²) in [5.74, 6) is 0.526. The highest BCUT2D eigenvalue weighted by Gasteiger charge is 2.33. The molecule has 2 N–H and O–H groups in total. The lowest BCUT2D eigenvalue weighted by molar-refractivity contribution is -0.0790. The fraction of sp³-hybridized carbons (Fsp3) is 0.600. The molecular weight excluding hydrogens is 210 g/mol. The molecule has 17 heavy (non-hydrogen) atoms. The Kier molecular flexibility index (Phi) is 3.28. The van der Waals surface area contributed by atoms with E-state index in [1.165, 1.54) is 11.1 Å². The highest BCUT2D eigenvalue weighted by molar-refractivity contribution is 5.36. The Morgan fingerprint density at radius 3 is 2.35 bits per heavy atom. The predicted octanol–water partition coefficient (Wildman–Crippen LogP) is 3.38. The molecule has 1 aromatic rings. The maximum atomic E-state index is 6.34. The van der Waals surface area contributed by atoms with Gasteiger partial charge in [-0.3, -0.25) is 0 Å². The van der Waals surface area contributed by atoms with Gasteiger partial charge in [0.25, 0.3) is 0 Å². The molecule has 94 valence electrons. The van der Waals surface area contributed by atoms with Gasteiger partial charge in [-0.05, 0) is 44.2 Å². The van der Waals surface area contributed by atoms with Crippen molar-refractivity contribution < 1.29 is 4.74 Å². The summed E-state index contributed by atoms with van der Waals surface area (Å²) >= 11 is 0. The standard InChI is InChI=1S/C15H23NO/c1-10-9-13(17-15(2,3)4)14(16)12-8-6-5-7-11(10)12/h5-8,10,13-14H,9,16H2,1-4H3.